The van der Waals surface area contributed by atoms with Crippen LogP contribution in [0.25, 0.3) is 66.3 Å². The quantitative estimate of drug-likeness (QED) is 0.0514. The summed E-state index contributed by atoms with van der Waals surface area (Å²) in [6, 6.07) is 46.4. The standard InChI is InChI=1S/C20H16O6.C16H12O4.C15H14O3.C15H10O3.ClH/c1-11-8-16(26-13(3)22)9-18-19(11)20(23)17(10-24-18)14-4-6-15(7-5-14)25-12(2)21;1-9-6-12(18)7-14-15(9)16(19)13(8-20-14)10-2-4-11(17)5-3-10;2*16-12-7-14(17)13-6-11(9-18-15(13)8-12)10-4-2-1-3-5-10;/h4-10H,1-3H3;2-8,17-18H,1H3;1-5,7-8,11,16-17H,6,9H2;1-9H,(H-,16,17);1H. The van der Waals surface area contributed by atoms with Crippen molar-refractivity contribution >= 4 is 44.8 Å². The Hall–Kier alpha value is -10.6. The van der Waals surface area contributed by atoms with Gasteiger partial charge in [-0.2, -0.15) is 0 Å². The van der Waals surface area contributed by atoms with Crippen LogP contribution in [0.1, 0.15) is 42.0 Å². The van der Waals surface area contributed by atoms with Gasteiger partial charge < -0.3 is 66.1 Å². The van der Waals surface area contributed by atoms with Gasteiger partial charge in [0, 0.05) is 55.7 Å². The number of hydrogen-bond acceptors (Lipinski definition) is 15. The molecular formula is C66H53ClO16. The summed E-state index contributed by atoms with van der Waals surface area (Å²) in [4.78, 5) is 47.5. The number of ether oxygens (including phenoxy) is 3. The number of fused-ring (bicyclic) bond motifs is 4. The van der Waals surface area contributed by atoms with Crippen molar-refractivity contribution in [3.63, 3.8) is 0 Å². The lowest BCUT2D eigenvalue weighted by Crippen LogP contribution is -3.00. The van der Waals surface area contributed by atoms with Crippen molar-refractivity contribution in [2.24, 2.45) is 0 Å². The maximum Gasteiger partial charge on any atom is 0.367 e. The summed E-state index contributed by atoms with van der Waals surface area (Å²) in [5.74, 6) is 1.01. The highest BCUT2D eigenvalue weighted by Gasteiger charge is 2.25. The molecule has 1 aliphatic heterocycles. The van der Waals surface area contributed by atoms with Gasteiger partial charge in [-0.3, -0.25) is 19.2 Å². The zero-order valence-corrected chi connectivity index (χ0v) is 45.7. The Morgan fingerprint density at radius 1 is 0.530 bits per heavy atom. The van der Waals surface area contributed by atoms with Crippen LogP contribution in [0.5, 0.6) is 51.7 Å². The lowest BCUT2D eigenvalue weighted by Gasteiger charge is -2.26. The molecule has 420 valence electrons. The number of carbonyl (C=O) groups is 2. The molecule has 11 aromatic rings. The maximum absolute atomic E-state index is 12.9. The lowest BCUT2D eigenvalue weighted by atomic mass is 9.90. The van der Waals surface area contributed by atoms with Gasteiger partial charge in [-0.1, -0.05) is 84.9 Å². The normalized spacial score (nSPS) is 12.1. The Bertz CT molecular complexity index is 4270. The first-order valence-corrected chi connectivity index (χ1v) is 25.5. The van der Waals surface area contributed by atoms with Crippen LogP contribution in [0.15, 0.2) is 205 Å². The fourth-order valence-corrected chi connectivity index (χ4v) is 9.31. The molecule has 0 bridgehead atoms. The van der Waals surface area contributed by atoms with E-state index < -0.39 is 11.9 Å². The Labute approximate surface area is 479 Å². The molecular weight excluding hydrogens is 1080 g/mol. The minimum absolute atomic E-state index is 0. The summed E-state index contributed by atoms with van der Waals surface area (Å²) < 4.78 is 32.2. The first kappa shape index (κ1) is 58.6. The molecule has 0 aliphatic carbocycles. The Kier molecular flexibility index (Phi) is 18.1. The van der Waals surface area contributed by atoms with Crippen molar-refractivity contribution in [3.05, 3.63) is 225 Å². The predicted molar refractivity (Wildman–Crippen MR) is 309 cm³/mol. The highest BCUT2D eigenvalue weighted by Crippen LogP contribution is 2.40. The Morgan fingerprint density at radius 2 is 1.06 bits per heavy atom. The van der Waals surface area contributed by atoms with Crippen LogP contribution in [0.3, 0.4) is 0 Å². The molecule has 12 rings (SSSR count). The molecule has 0 saturated heterocycles. The van der Waals surface area contributed by atoms with Crippen LogP contribution in [-0.2, 0) is 16.0 Å². The summed E-state index contributed by atoms with van der Waals surface area (Å²) >= 11 is 0. The number of esters is 2. The highest BCUT2D eigenvalue weighted by molar-refractivity contribution is 5.89. The minimum Gasteiger partial charge on any atom is -1.00 e. The maximum atomic E-state index is 12.9. The molecule has 1 aliphatic rings. The van der Waals surface area contributed by atoms with E-state index in [4.69, 9.17) is 27.5 Å². The first-order chi connectivity index (χ1) is 39.4. The number of aromatic hydroxyl groups is 6. The summed E-state index contributed by atoms with van der Waals surface area (Å²) in [5.41, 5.74) is 8.08. The van der Waals surface area contributed by atoms with Gasteiger partial charge in [-0.25, -0.2) is 4.42 Å². The lowest BCUT2D eigenvalue weighted by molar-refractivity contribution is -0.132. The van der Waals surface area contributed by atoms with E-state index in [-0.39, 0.29) is 63.7 Å². The predicted octanol–water partition coefficient (Wildman–Crippen LogP) is 10.4. The molecule has 17 heteroatoms. The van der Waals surface area contributed by atoms with E-state index in [0.717, 1.165) is 23.1 Å². The fraction of sp³-hybridized carbons (Fsp3) is 0.106. The van der Waals surface area contributed by atoms with Crippen molar-refractivity contribution in [3.8, 4) is 85.1 Å². The van der Waals surface area contributed by atoms with Crippen LogP contribution in [0.2, 0.25) is 0 Å². The molecule has 3 aromatic heterocycles. The van der Waals surface area contributed by atoms with Gasteiger partial charge in [-0.05, 0) is 96.1 Å². The van der Waals surface area contributed by atoms with Crippen LogP contribution < -0.4 is 37.5 Å². The second-order valence-corrected chi connectivity index (χ2v) is 19.1. The van der Waals surface area contributed by atoms with Gasteiger partial charge in [-0.15, -0.1) is 0 Å². The van der Waals surface area contributed by atoms with Crippen molar-refractivity contribution in [2.45, 2.75) is 40.0 Å². The molecule has 0 amide bonds. The number of halogens is 1. The summed E-state index contributed by atoms with van der Waals surface area (Å²) in [5, 5.41) is 58.7. The van der Waals surface area contributed by atoms with Crippen LogP contribution in [0.4, 0.5) is 0 Å². The number of phenolic OH excluding ortho intramolecular Hbond substituents is 6. The van der Waals surface area contributed by atoms with Gasteiger partial charge in [0.1, 0.15) is 80.8 Å². The average molecular weight is 1140 g/mol. The van der Waals surface area contributed by atoms with Crippen molar-refractivity contribution in [2.75, 3.05) is 6.61 Å². The Balaban J connectivity index is 0.000000146. The minimum atomic E-state index is -0.449. The first-order valence-electron chi connectivity index (χ1n) is 25.5. The second-order valence-electron chi connectivity index (χ2n) is 19.1. The third kappa shape index (κ3) is 13.9. The summed E-state index contributed by atoms with van der Waals surface area (Å²) in [6.45, 7) is 6.69. The van der Waals surface area contributed by atoms with Gasteiger partial charge in [0.15, 0.2) is 0 Å². The zero-order valence-electron chi connectivity index (χ0n) is 45.0. The molecule has 6 N–H and O–H groups in total. The number of carbonyl (C=O) groups excluding carboxylic acids is 2. The molecule has 4 heterocycles. The highest BCUT2D eigenvalue weighted by atomic mass is 35.5. The van der Waals surface area contributed by atoms with E-state index >= 15 is 0 Å². The van der Waals surface area contributed by atoms with E-state index in [1.54, 1.807) is 68.6 Å². The third-order valence-corrected chi connectivity index (χ3v) is 13.1. The fourth-order valence-electron chi connectivity index (χ4n) is 9.31. The molecule has 0 fully saturated rings. The molecule has 8 aromatic carbocycles. The molecule has 0 saturated carbocycles. The molecule has 1 atom stereocenters. The van der Waals surface area contributed by atoms with Crippen LogP contribution in [0, 0.1) is 13.8 Å². The van der Waals surface area contributed by atoms with E-state index in [1.807, 2.05) is 54.6 Å². The van der Waals surface area contributed by atoms with Gasteiger partial charge in [0.05, 0.1) is 40.1 Å². The SMILES string of the molecule is CC(=O)Oc1ccc(-c2coc3cc(OC(C)=O)cc(C)c3c2=O)cc1.Cc1cc(O)cc2occ(-c3ccc(O)cc3)c(=O)c12.Oc1cc(O)c2c(c1)OCC(c1ccccc1)C2.Oc1cc(O)c2cc(-c3ccccc3)c[o+]c2c1.[Cl-]. The van der Waals surface area contributed by atoms with Gasteiger partial charge in [0.2, 0.25) is 10.9 Å². The average Bonchev–Trinajstić information content (AvgIpc) is 3.60. The summed E-state index contributed by atoms with van der Waals surface area (Å²) in [6.07, 6.45) is 5.07. The largest absolute Gasteiger partial charge is 1.00 e. The molecule has 16 nitrogen and oxygen atoms in total. The second kappa shape index (κ2) is 25.7. The van der Waals surface area contributed by atoms with Crippen molar-refractivity contribution in [1.82, 2.24) is 0 Å². The third-order valence-electron chi connectivity index (χ3n) is 13.1. The van der Waals surface area contributed by atoms with E-state index in [1.165, 1.54) is 80.5 Å². The van der Waals surface area contributed by atoms with Gasteiger partial charge >= 0.3 is 23.8 Å². The van der Waals surface area contributed by atoms with E-state index in [0.29, 0.717) is 90.1 Å². The van der Waals surface area contributed by atoms with Crippen LogP contribution in [-0.4, -0.2) is 49.2 Å². The molecule has 0 spiro atoms. The molecule has 1 unspecified atom stereocenters. The van der Waals surface area contributed by atoms with E-state index in [9.17, 15) is 49.8 Å². The Morgan fingerprint density at radius 3 is 1.67 bits per heavy atom. The zero-order chi connectivity index (χ0) is 58.2. The number of benzene rings is 8. The molecule has 83 heavy (non-hydrogen) atoms. The summed E-state index contributed by atoms with van der Waals surface area (Å²) in [7, 11) is 0. The van der Waals surface area contributed by atoms with Crippen molar-refractivity contribution in [1.29, 1.82) is 0 Å². The monoisotopic (exact) mass is 1140 g/mol. The van der Waals surface area contributed by atoms with Crippen LogP contribution >= 0.6 is 0 Å². The smallest absolute Gasteiger partial charge is 0.367 e. The van der Waals surface area contributed by atoms with E-state index in [2.05, 4.69) is 12.1 Å². The van der Waals surface area contributed by atoms with Gasteiger partial charge in [0.25, 0.3) is 0 Å². The number of hydrogen-bond donors (Lipinski definition) is 6. The molecule has 0 radical (unpaired) electrons. The number of aryl methyl sites for hydroxylation is 2. The number of rotatable bonds is 6. The number of phenols is 6. The van der Waals surface area contributed by atoms with Crippen molar-refractivity contribution < 1.29 is 80.1 Å². The topological polar surface area (TPSA) is 255 Å².